The van der Waals surface area contributed by atoms with Gasteiger partial charge in [0.1, 0.15) is 5.82 Å². The summed E-state index contributed by atoms with van der Waals surface area (Å²) < 4.78 is 0. The van der Waals surface area contributed by atoms with Crippen LogP contribution in [-0.2, 0) is 5.41 Å². The second-order valence-corrected chi connectivity index (χ2v) is 5.92. The Balaban J connectivity index is 1.85. The van der Waals surface area contributed by atoms with Crippen LogP contribution in [-0.4, -0.2) is 16.5 Å². The first-order valence-corrected chi connectivity index (χ1v) is 7.02. The number of nitrogens with one attached hydrogen (secondary N) is 1. The van der Waals surface area contributed by atoms with Crippen LogP contribution in [0.2, 0.25) is 0 Å². The third kappa shape index (κ3) is 1.90. The number of nitrogens with zero attached hydrogens (tertiary/aromatic N) is 1. The molecule has 3 nitrogen and oxygen atoms in total. The molecule has 3 rings (SSSR count). The quantitative estimate of drug-likeness (QED) is 0.843. The summed E-state index contributed by atoms with van der Waals surface area (Å²) in [7, 11) is 0. The summed E-state index contributed by atoms with van der Waals surface area (Å²) in [6, 6.07) is 0. The third-order valence-corrected chi connectivity index (χ3v) is 4.66. The van der Waals surface area contributed by atoms with E-state index in [1.165, 1.54) is 56.3 Å². The number of imidazole rings is 1. The Labute approximate surface area is 103 Å². The van der Waals surface area contributed by atoms with Gasteiger partial charge >= 0.3 is 0 Å². The van der Waals surface area contributed by atoms with Gasteiger partial charge < -0.3 is 10.7 Å². The summed E-state index contributed by atoms with van der Waals surface area (Å²) in [4.78, 5) is 8.41. The fourth-order valence-corrected chi connectivity index (χ4v) is 3.19. The van der Waals surface area contributed by atoms with Crippen molar-refractivity contribution in [3.8, 4) is 0 Å². The lowest BCUT2D eigenvalue weighted by molar-refractivity contribution is 0.435. The lowest BCUT2D eigenvalue weighted by Gasteiger charge is -2.20. The minimum atomic E-state index is 0.206. The van der Waals surface area contributed by atoms with Crippen molar-refractivity contribution in [2.75, 3.05) is 6.54 Å². The topological polar surface area (TPSA) is 54.7 Å². The number of aromatic nitrogens is 2. The first kappa shape index (κ1) is 11.3. The van der Waals surface area contributed by atoms with E-state index in [1.807, 2.05) is 0 Å². The SMILES string of the molecule is Cc1[nH]c(C2(CN)CC2)nc1C1CCCCC1. The van der Waals surface area contributed by atoms with Crippen LogP contribution in [0.25, 0.3) is 0 Å². The van der Waals surface area contributed by atoms with E-state index in [1.54, 1.807) is 0 Å². The molecule has 1 aromatic heterocycles. The standard InChI is InChI=1S/C14H23N3/c1-10-12(11-5-3-2-4-6-11)17-13(16-10)14(9-15)7-8-14/h11H,2-9,15H2,1H3,(H,16,17). The van der Waals surface area contributed by atoms with Crippen molar-refractivity contribution in [3.05, 3.63) is 17.2 Å². The molecule has 17 heavy (non-hydrogen) atoms. The second-order valence-electron chi connectivity index (χ2n) is 5.92. The van der Waals surface area contributed by atoms with Gasteiger partial charge in [-0.1, -0.05) is 19.3 Å². The van der Waals surface area contributed by atoms with Crippen LogP contribution in [0.5, 0.6) is 0 Å². The van der Waals surface area contributed by atoms with E-state index in [4.69, 9.17) is 10.7 Å². The van der Waals surface area contributed by atoms with Crippen LogP contribution in [0.15, 0.2) is 0 Å². The number of nitrogens with two attached hydrogens (primary N) is 1. The fraction of sp³-hybridized carbons (Fsp3) is 0.786. The molecule has 3 heteroatoms. The highest BCUT2D eigenvalue weighted by molar-refractivity contribution is 5.26. The molecule has 0 aromatic carbocycles. The summed E-state index contributed by atoms with van der Waals surface area (Å²) in [5.41, 5.74) is 8.70. The van der Waals surface area contributed by atoms with Gasteiger partial charge in [-0.15, -0.1) is 0 Å². The molecule has 0 amide bonds. The predicted molar refractivity (Wildman–Crippen MR) is 69.1 cm³/mol. The van der Waals surface area contributed by atoms with Crippen molar-refractivity contribution >= 4 is 0 Å². The maximum absolute atomic E-state index is 5.88. The number of hydrogen-bond acceptors (Lipinski definition) is 2. The van der Waals surface area contributed by atoms with Gasteiger partial charge in [0.05, 0.1) is 5.69 Å². The van der Waals surface area contributed by atoms with Crippen LogP contribution in [0.4, 0.5) is 0 Å². The number of hydrogen-bond donors (Lipinski definition) is 2. The van der Waals surface area contributed by atoms with E-state index in [9.17, 15) is 0 Å². The molecule has 0 radical (unpaired) electrons. The Morgan fingerprint density at radius 2 is 2.00 bits per heavy atom. The van der Waals surface area contributed by atoms with Crippen LogP contribution in [0, 0.1) is 6.92 Å². The molecular formula is C14H23N3. The number of rotatable bonds is 3. The Bertz CT molecular complexity index is 398. The molecule has 0 aliphatic heterocycles. The molecule has 2 aliphatic rings. The molecule has 0 spiro atoms. The van der Waals surface area contributed by atoms with Gasteiger partial charge in [0.15, 0.2) is 0 Å². The van der Waals surface area contributed by atoms with Crippen molar-refractivity contribution < 1.29 is 0 Å². The average molecular weight is 233 g/mol. The molecule has 0 unspecified atom stereocenters. The van der Waals surface area contributed by atoms with Crippen LogP contribution in [0.1, 0.15) is 68.1 Å². The van der Waals surface area contributed by atoms with Crippen molar-refractivity contribution in [2.24, 2.45) is 5.73 Å². The Hall–Kier alpha value is -0.830. The molecule has 2 fully saturated rings. The van der Waals surface area contributed by atoms with E-state index in [-0.39, 0.29) is 5.41 Å². The molecule has 0 saturated heterocycles. The van der Waals surface area contributed by atoms with E-state index < -0.39 is 0 Å². The van der Waals surface area contributed by atoms with Crippen molar-refractivity contribution in [1.82, 2.24) is 9.97 Å². The van der Waals surface area contributed by atoms with Gasteiger partial charge in [0.25, 0.3) is 0 Å². The average Bonchev–Trinajstić information content (AvgIpc) is 3.08. The number of aryl methyl sites for hydroxylation is 1. The molecule has 0 atom stereocenters. The first-order valence-electron chi connectivity index (χ1n) is 7.02. The third-order valence-electron chi connectivity index (χ3n) is 4.66. The summed E-state index contributed by atoms with van der Waals surface area (Å²) in [6.07, 6.45) is 9.20. The Morgan fingerprint density at radius 3 is 2.59 bits per heavy atom. The van der Waals surface area contributed by atoms with Crippen molar-refractivity contribution in [1.29, 1.82) is 0 Å². The van der Waals surface area contributed by atoms with E-state index in [0.717, 1.165) is 12.4 Å². The maximum Gasteiger partial charge on any atom is 0.114 e. The zero-order valence-corrected chi connectivity index (χ0v) is 10.8. The molecule has 3 N–H and O–H groups in total. The molecule has 2 saturated carbocycles. The van der Waals surface area contributed by atoms with Gasteiger partial charge in [0.2, 0.25) is 0 Å². The molecular weight excluding hydrogens is 210 g/mol. The fourth-order valence-electron chi connectivity index (χ4n) is 3.19. The van der Waals surface area contributed by atoms with E-state index in [0.29, 0.717) is 5.92 Å². The number of H-pyrrole nitrogens is 1. The Kier molecular flexibility index (Phi) is 2.74. The van der Waals surface area contributed by atoms with E-state index >= 15 is 0 Å². The van der Waals surface area contributed by atoms with Gasteiger partial charge in [0, 0.05) is 23.6 Å². The summed E-state index contributed by atoms with van der Waals surface area (Å²) in [5, 5.41) is 0. The lowest BCUT2D eigenvalue weighted by Crippen LogP contribution is -2.21. The zero-order valence-electron chi connectivity index (χ0n) is 10.8. The highest BCUT2D eigenvalue weighted by Gasteiger charge is 2.46. The van der Waals surface area contributed by atoms with Gasteiger partial charge in [-0.2, -0.15) is 0 Å². The monoisotopic (exact) mass is 233 g/mol. The Morgan fingerprint density at radius 1 is 1.29 bits per heavy atom. The first-order chi connectivity index (χ1) is 8.25. The number of aromatic amines is 1. The zero-order chi connectivity index (χ0) is 11.9. The molecule has 1 aromatic rings. The van der Waals surface area contributed by atoms with E-state index in [2.05, 4.69) is 11.9 Å². The summed E-state index contributed by atoms with van der Waals surface area (Å²) in [6.45, 7) is 2.91. The lowest BCUT2D eigenvalue weighted by atomic mass is 9.86. The summed E-state index contributed by atoms with van der Waals surface area (Å²) >= 11 is 0. The summed E-state index contributed by atoms with van der Waals surface area (Å²) in [5.74, 6) is 1.86. The molecule has 2 aliphatic carbocycles. The normalized spacial score (nSPS) is 23.9. The smallest absolute Gasteiger partial charge is 0.114 e. The molecule has 0 bridgehead atoms. The largest absolute Gasteiger partial charge is 0.345 e. The van der Waals surface area contributed by atoms with Gasteiger partial charge in [-0.3, -0.25) is 0 Å². The predicted octanol–water partition coefficient (Wildman–Crippen LogP) is 2.76. The van der Waals surface area contributed by atoms with Crippen molar-refractivity contribution in [2.45, 2.75) is 63.2 Å². The minimum Gasteiger partial charge on any atom is -0.345 e. The highest BCUT2D eigenvalue weighted by Crippen LogP contribution is 2.46. The van der Waals surface area contributed by atoms with Crippen LogP contribution >= 0.6 is 0 Å². The minimum absolute atomic E-state index is 0.206. The highest BCUT2D eigenvalue weighted by atomic mass is 15.0. The molecule has 1 heterocycles. The van der Waals surface area contributed by atoms with Gasteiger partial charge in [-0.25, -0.2) is 4.98 Å². The van der Waals surface area contributed by atoms with Crippen LogP contribution in [0.3, 0.4) is 0 Å². The maximum atomic E-state index is 5.88. The van der Waals surface area contributed by atoms with Crippen molar-refractivity contribution in [3.63, 3.8) is 0 Å². The molecule has 94 valence electrons. The van der Waals surface area contributed by atoms with Crippen LogP contribution < -0.4 is 5.73 Å². The second kappa shape index (κ2) is 4.13. The van der Waals surface area contributed by atoms with Gasteiger partial charge in [-0.05, 0) is 32.6 Å².